The zero-order chi connectivity index (χ0) is 18.5. The Hall–Kier alpha value is -2.70. The number of amides is 1. The lowest BCUT2D eigenvalue weighted by atomic mass is 9.97. The molecule has 2 aliphatic carbocycles. The lowest BCUT2D eigenvalue weighted by molar-refractivity contribution is -0.119. The summed E-state index contributed by atoms with van der Waals surface area (Å²) in [5.74, 6) is 0.797. The number of aromatic nitrogens is 4. The van der Waals surface area contributed by atoms with E-state index in [4.69, 9.17) is 0 Å². The van der Waals surface area contributed by atoms with E-state index in [1.54, 1.807) is 0 Å². The van der Waals surface area contributed by atoms with E-state index in [-0.39, 0.29) is 12.5 Å². The van der Waals surface area contributed by atoms with Crippen LogP contribution in [0.25, 0.3) is 11.4 Å². The molecule has 142 valence electrons. The van der Waals surface area contributed by atoms with Crippen molar-refractivity contribution >= 4 is 11.6 Å². The first kappa shape index (κ1) is 17.7. The van der Waals surface area contributed by atoms with Crippen molar-refractivity contribution in [3.05, 3.63) is 35.9 Å². The van der Waals surface area contributed by atoms with Crippen LogP contribution in [0.2, 0.25) is 0 Å². The summed E-state index contributed by atoms with van der Waals surface area (Å²) in [6.45, 7) is 0.971. The summed E-state index contributed by atoms with van der Waals surface area (Å²) >= 11 is 0. The second kappa shape index (κ2) is 8.33. The molecule has 0 bridgehead atoms. The summed E-state index contributed by atoms with van der Waals surface area (Å²) in [6.07, 6.45) is 10.5. The zero-order valence-electron chi connectivity index (χ0n) is 15.5. The average Bonchev–Trinajstić information content (AvgIpc) is 3.44. The molecule has 1 fully saturated rings. The van der Waals surface area contributed by atoms with Gasteiger partial charge in [0, 0.05) is 17.8 Å². The molecule has 0 unspecified atom stereocenters. The Morgan fingerprint density at radius 3 is 3.00 bits per heavy atom. The van der Waals surface area contributed by atoms with Crippen molar-refractivity contribution in [2.75, 3.05) is 18.4 Å². The highest BCUT2D eigenvalue weighted by molar-refractivity contribution is 5.81. The predicted molar refractivity (Wildman–Crippen MR) is 104 cm³/mol. The number of nitrogens with zero attached hydrogens (tertiary/aromatic N) is 4. The van der Waals surface area contributed by atoms with Crippen LogP contribution in [-0.4, -0.2) is 39.2 Å². The van der Waals surface area contributed by atoms with Gasteiger partial charge in [0.25, 0.3) is 0 Å². The van der Waals surface area contributed by atoms with Crippen molar-refractivity contribution in [1.29, 1.82) is 0 Å². The zero-order valence-corrected chi connectivity index (χ0v) is 15.5. The van der Waals surface area contributed by atoms with Crippen LogP contribution in [0.5, 0.6) is 0 Å². The average molecular weight is 366 g/mol. The van der Waals surface area contributed by atoms with Gasteiger partial charge in [-0.05, 0) is 67.5 Å². The molecule has 4 rings (SSSR count). The number of hydrogen-bond acceptors (Lipinski definition) is 5. The van der Waals surface area contributed by atoms with Crippen molar-refractivity contribution in [1.82, 2.24) is 25.5 Å². The molecule has 0 aliphatic heterocycles. The number of tetrazole rings is 1. The van der Waals surface area contributed by atoms with E-state index in [9.17, 15) is 4.79 Å². The van der Waals surface area contributed by atoms with Gasteiger partial charge in [-0.25, -0.2) is 4.68 Å². The topological polar surface area (TPSA) is 84.7 Å². The van der Waals surface area contributed by atoms with Crippen molar-refractivity contribution in [2.24, 2.45) is 0 Å². The molecule has 0 atom stereocenters. The summed E-state index contributed by atoms with van der Waals surface area (Å²) in [4.78, 5) is 12.1. The molecule has 2 N–H and O–H groups in total. The molecule has 7 heteroatoms. The quantitative estimate of drug-likeness (QED) is 0.701. The van der Waals surface area contributed by atoms with Crippen molar-refractivity contribution < 1.29 is 4.79 Å². The van der Waals surface area contributed by atoms with E-state index < -0.39 is 0 Å². The molecule has 2 aliphatic rings. The summed E-state index contributed by atoms with van der Waals surface area (Å²) < 4.78 is 1.89. The number of carbonyl (C=O) groups excluding carboxylic acids is 1. The van der Waals surface area contributed by atoms with Gasteiger partial charge >= 0.3 is 0 Å². The lowest BCUT2D eigenvalue weighted by Gasteiger charge is -2.13. The Labute approximate surface area is 159 Å². The minimum atomic E-state index is 0.0135. The molecule has 0 spiro atoms. The molecule has 27 heavy (non-hydrogen) atoms. The molecular formula is C20H26N6O. The van der Waals surface area contributed by atoms with E-state index in [2.05, 4.69) is 32.2 Å². The summed E-state index contributed by atoms with van der Waals surface area (Å²) in [5.41, 5.74) is 3.33. The maximum atomic E-state index is 12.1. The first-order valence-electron chi connectivity index (χ1n) is 9.86. The van der Waals surface area contributed by atoms with Gasteiger partial charge in [0.05, 0.1) is 12.6 Å². The van der Waals surface area contributed by atoms with Gasteiger partial charge in [0.2, 0.25) is 5.91 Å². The molecule has 7 nitrogen and oxygen atoms in total. The smallest absolute Gasteiger partial charge is 0.239 e. The van der Waals surface area contributed by atoms with E-state index in [1.165, 1.54) is 31.3 Å². The van der Waals surface area contributed by atoms with E-state index in [0.717, 1.165) is 36.3 Å². The van der Waals surface area contributed by atoms with Gasteiger partial charge in [-0.15, -0.1) is 5.10 Å². The molecule has 0 saturated heterocycles. The number of carbonyl (C=O) groups is 1. The second-order valence-electron chi connectivity index (χ2n) is 7.32. The van der Waals surface area contributed by atoms with E-state index in [1.807, 2.05) is 28.9 Å². The molecular weight excluding hydrogens is 340 g/mol. The first-order chi connectivity index (χ1) is 13.3. The molecule has 1 aromatic carbocycles. The van der Waals surface area contributed by atoms with Crippen molar-refractivity contribution in [2.45, 2.75) is 51.0 Å². The van der Waals surface area contributed by atoms with Crippen LogP contribution in [0.15, 0.2) is 35.9 Å². The van der Waals surface area contributed by atoms with Crippen LogP contribution < -0.4 is 10.6 Å². The second-order valence-corrected chi connectivity index (χ2v) is 7.32. The highest BCUT2D eigenvalue weighted by Crippen LogP contribution is 2.36. The van der Waals surface area contributed by atoms with Crippen molar-refractivity contribution in [3.63, 3.8) is 0 Å². The minimum absolute atomic E-state index is 0.0135. The van der Waals surface area contributed by atoms with Gasteiger partial charge < -0.3 is 10.6 Å². The Balaban J connectivity index is 1.27. The third kappa shape index (κ3) is 4.72. The van der Waals surface area contributed by atoms with Crippen LogP contribution in [-0.2, 0) is 4.79 Å². The maximum Gasteiger partial charge on any atom is 0.239 e. The molecule has 1 heterocycles. The molecule has 0 radical (unpaired) electrons. The predicted octanol–water partition coefficient (Wildman–Crippen LogP) is 3.09. The maximum absolute atomic E-state index is 12.1. The Kier molecular flexibility index (Phi) is 5.46. The number of allylic oxidation sites excluding steroid dienone is 1. The summed E-state index contributed by atoms with van der Waals surface area (Å²) in [6, 6.07) is 8.32. The molecule has 1 aromatic heterocycles. The number of nitrogens with one attached hydrogen (secondary N) is 2. The Morgan fingerprint density at radius 2 is 2.19 bits per heavy atom. The van der Waals surface area contributed by atoms with Crippen LogP contribution in [0.3, 0.4) is 0 Å². The van der Waals surface area contributed by atoms with Crippen LogP contribution in [0.1, 0.15) is 51.0 Å². The van der Waals surface area contributed by atoms with Crippen molar-refractivity contribution in [3.8, 4) is 11.4 Å². The first-order valence-corrected chi connectivity index (χ1v) is 9.86. The number of anilines is 1. The largest absolute Gasteiger partial charge is 0.376 e. The number of rotatable bonds is 8. The summed E-state index contributed by atoms with van der Waals surface area (Å²) in [5, 5.41) is 18.3. The monoisotopic (exact) mass is 366 g/mol. The SMILES string of the molecule is O=C(CNc1cccc(-c2nnnn2C2CC2)c1)NCCC1=CCCCC1. The fraction of sp³-hybridized carbons (Fsp3) is 0.500. The fourth-order valence-corrected chi connectivity index (χ4v) is 3.46. The third-order valence-electron chi connectivity index (χ3n) is 5.11. The summed E-state index contributed by atoms with van der Waals surface area (Å²) in [7, 11) is 0. The van der Waals surface area contributed by atoms with Crippen LogP contribution in [0, 0.1) is 0 Å². The third-order valence-corrected chi connectivity index (χ3v) is 5.11. The molecule has 2 aromatic rings. The van der Waals surface area contributed by atoms with E-state index >= 15 is 0 Å². The van der Waals surface area contributed by atoms with E-state index in [0.29, 0.717) is 12.6 Å². The highest BCUT2D eigenvalue weighted by Gasteiger charge is 2.28. The highest BCUT2D eigenvalue weighted by atomic mass is 16.1. The van der Waals surface area contributed by atoms with Crippen LogP contribution >= 0.6 is 0 Å². The minimum Gasteiger partial charge on any atom is -0.376 e. The standard InChI is InChI=1S/C20H26N6O/c27-19(21-12-11-15-5-2-1-3-6-15)14-22-17-8-4-7-16(13-17)20-23-24-25-26(20)18-9-10-18/h4-5,7-8,13,18,22H,1-3,6,9-12,14H2,(H,21,27). The lowest BCUT2D eigenvalue weighted by Crippen LogP contribution is -2.30. The van der Waals surface area contributed by atoms with Gasteiger partial charge in [0.15, 0.2) is 5.82 Å². The van der Waals surface area contributed by atoms with Gasteiger partial charge in [-0.1, -0.05) is 23.8 Å². The van der Waals surface area contributed by atoms with Crippen LogP contribution in [0.4, 0.5) is 5.69 Å². The number of benzene rings is 1. The number of hydrogen-bond donors (Lipinski definition) is 2. The van der Waals surface area contributed by atoms with Gasteiger partial charge in [-0.2, -0.15) is 0 Å². The Morgan fingerprint density at radius 1 is 1.26 bits per heavy atom. The molecule has 1 saturated carbocycles. The van der Waals surface area contributed by atoms with Gasteiger partial charge in [-0.3, -0.25) is 4.79 Å². The molecule has 1 amide bonds. The normalized spacial score (nSPS) is 16.7. The fourth-order valence-electron chi connectivity index (χ4n) is 3.46. The van der Waals surface area contributed by atoms with Gasteiger partial charge in [0.1, 0.15) is 0 Å². The Bertz CT molecular complexity index is 823.